The van der Waals surface area contributed by atoms with Crippen LogP contribution in [0.2, 0.25) is 0 Å². The maximum absolute atomic E-state index is 11.9. The highest BCUT2D eigenvalue weighted by Gasteiger charge is 2.30. The Labute approximate surface area is 72.4 Å². The predicted molar refractivity (Wildman–Crippen MR) is 47.5 cm³/mol. The highest BCUT2D eigenvalue weighted by atomic mass is 31.2. The van der Waals surface area contributed by atoms with E-state index in [4.69, 9.17) is 5.11 Å². The lowest BCUT2D eigenvalue weighted by Gasteiger charge is -2.28. The van der Waals surface area contributed by atoms with Gasteiger partial charge in [0, 0.05) is 0 Å². The minimum atomic E-state index is -2.85. The number of carboxylic acids is 1. The molecule has 0 atom stereocenters. The number of hydrogen-bond donors (Lipinski definition) is 1. The Balaban J connectivity index is 4.64. The SMILES string of the molecule is CN(C)P(=O)(CC(=O)O)N(C)C. The molecule has 12 heavy (non-hydrogen) atoms. The summed E-state index contributed by atoms with van der Waals surface area (Å²) in [6.45, 7) is 0. The van der Waals surface area contributed by atoms with Gasteiger partial charge < -0.3 is 5.11 Å². The molecular weight excluding hydrogens is 179 g/mol. The van der Waals surface area contributed by atoms with Gasteiger partial charge in [0.1, 0.15) is 6.16 Å². The number of nitrogens with zero attached hydrogens (tertiary/aromatic N) is 2. The summed E-state index contributed by atoms with van der Waals surface area (Å²) in [6.07, 6.45) is -0.326. The fourth-order valence-electron chi connectivity index (χ4n) is 0.817. The molecule has 0 aliphatic carbocycles. The monoisotopic (exact) mass is 194 g/mol. The van der Waals surface area contributed by atoms with Crippen molar-refractivity contribution >= 4 is 13.4 Å². The first kappa shape index (κ1) is 11.6. The molecule has 0 fully saturated rings. The third-order valence-electron chi connectivity index (χ3n) is 1.59. The van der Waals surface area contributed by atoms with E-state index in [2.05, 4.69) is 0 Å². The molecule has 0 aliphatic rings. The van der Waals surface area contributed by atoms with E-state index in [9.17, 15) is 9.36 Å². The van der Waals surface area contributed by atoms with Gasteiger partial charge in [-0.15, -0.1) is 0 Å². The van der Waals surface area contributed by atoms with E-state index >= 15 is 0 Å². The van der Waals surface area contributed by atoms with Gasteiger partial charge in [0.2, 0.25) is 7.44 Å². The van der Waals surface area contributed by atoms with Crippen LogP contribution in [0.4, 0.5) is 0 Å². The first-order chi connectivity index (χ1) is 5.30. The highest BCUT2D eigenvalue weighted by molar-refractivity contribution is 7.59. The topological polar surface area (TPSA) is 60.9 Å². The summed E-state index contributed by atoms with van der Waals surface area (Å²) in [6, 6.07) is 0. The second kappa shape index (κ2) is 4.03. The molecule has 0 aliphatic heterocycles. The van der Waals surface area contributed by atoms with Crippen molar-refractivity contribution in [3.63, 3.8) is 0 Å². The standard InChI is InChI=1S/C6H15N2O3P/c1-7(2)12(11,8(3)4)5-6(9)10/h5H2,1-4H3,(H,9,10). The van der Waals surface area contributed by atoms with Gasteiger partial charge in [-0.05, 0) is 28.2 Å². The van der Waals surface area contributed by atoms with Crippen LogP contribution in [0, 0.1) is 0 Å². The Morgan fingerprint density at radius 2 is 1.58 bits per heavy atom. The molecule has 0 spiro atoms. The van der Waals surface area contributed by atoms with E-state index < -0.39 is 13.4 Å². The number of rotatable bonds is 4. The molecule has 6 heteroatoms. The van der Waals surface area contributed by atoms with Crippen LogP contribution in [0.3, 0.4) is 0 Å². The van der Waals surface area contributed by atoms with Crippen molar-refractivity contribution < 1.29 is 14.5 Å². The number of carbonyl (C=O) groups is 1. The van der Waals surface area contributed by atoms with E-state index in [1.807, 2.05) is 0 Å². The van der Waals surface area contributed by atoms with Crippen LogP contribution in [0.15, 0.2) is 0 Å². The van der Waals surface area contributed by atoms with Gasteiger partial charge in [-0.25, -0.2) is 9.34 Å². The van der Waals surface area contributed by atoms with Crippen molar-refractivity contribution in [2.24, 2.45) is 0 Å². The fraction of sp³-hybridized carbons (Fsp3) is 0.833. The molecule has 0 unspecified atom stereocenters. The molecule has 0 aromatic heterocycles. The van der Waals surface area contributed by atoms with Crippen molar-refractivity contribution in [1.29, 1.82) is 0 Å². The van der Waals surface area contributed by atoms with Crippen molar-refractivity contribution in [2.75, 3.05) is 34.4 Å². The van der Waals surface area contributed by atoms with E-state index in [-0.39, 0.29) is 6.16 Å². The molecule has 0 aromatic carbocycles. The predicted octanol–water partition coefficient (Wildman–Crippen LogP) is 0.387. The highest BCUT2D eigenvalue weighted by Crippen LogP contribution is 2.48. The lowest BCUT2D eigenvalue weighted by atomic mass is 10.8. The Bertz CT molecular complexity index is 203. The van der Waals surface area contributed by atoms with Crippen LogP contribution in [-0.2, 0) is 9.36 Å². The van der Waals surface area contributed by atoms with Gasteiger partial charge in [-0.1, -0.05) is 0 Å². The van der Waals surface area contributed by atoms with Crippen LogP contribution < -0.4 is 0 Å². The molecular formula is C6H15N2O3P. The van der Waals surface area contributed by atoms with E-state index in [0.29, 0.717) is 0 Å². The molecule has 0 bridgehead atoms. The molecule has 72 valence electrons. The largest absolute Gasteiger partial charge is 0.481 e. The minimum absolute atomic E-state index is 0.326. The summed E-state index contributed by atoms with van der Waals surface area (Å²) >= 11 is 0. The Morgan fingerprint density at radius 3 is 1.67 bits per heavy atom. The zero-order valence-corrected chi connectivity index (χ0v) is 8.71. The van der Waals surface area contributed by atoms with Crippen LogP contribution in [-0.4, -0.2) is 54.8 Å². The maximum Gasteiger partial charge on any atom is 0.313 e. The molecule has 1 N–H and O–H groups in total. The third-order valence-corrected chi connectivity index (χ3v) is 4.77. The number of carboxylic acid groups (broad SMARTS) is 1. The summed E-state index contributed by atoms with van der Waals surface area (Å²) in [7, 11) is 3.61. The van der Waals surface area contributed by atoms with Gasteiger partial charge >= 0.3 is 5.97 Å². The average Bonchev–Trinajstić information content (AvgIpc) is 1.84. The maximum atomic E-state index is 11.9. The minimum Gasteiger partial charge on any atom is -0.481 e. The van der Waals surface area contributed by atoms with E-state index in [0.717, 1.165) is 0 Å². The van der Waals surface area contributed by atoms with Crippen LogP contribution in [0.25, 0.3) is 0 Å². The second-order valence-corrected chi connectivity index (χ2v) is 6.16. The third kappa shape index (κ3) is 2.59. The molecule has 0 heterocycles. The second-order valence-electron chi connectivity index (χ2n) is 2.91. The van der Waals surface area contributed by atoms with Gasteiger partial charge in [0.05, 0.1) is 0 Å². The van der Waals surface area contributed by atoms with Gasteiger partial charge in [0.25, 0.3) is 0 Å². The number of hydrogen-bond acceptors (Lipinski definition) is 2. The normalized spacial score (nSPS) is 12.5. The molecule has 0 amide bonds. The molecule has 0 aromatic rings. The van der Waals surface area contributed by atoms with Gasteiger partial charge in [-0.2, -0.15) is 0 Å². The zero-order chi connectivity index (χ0) is 9.94. The summed E-state index contributed by atoms with van der Waals surface area (Å²) in [4.78, 5) is 10.4. The molecule has 0 rings (SSSR count). The first-order valence-corrected chi connectivity index (χ1v) is 5.27. The van der Waals surface area contributed by atoms with Crippen molar-refractivity contribution in [3.8, 4) is 0 Å². The zero-order valence-electron chi connectivity index (χ0n) is 7.81. The van der Waals surface area contributed by atoms with Crippen molar-refractivity contribution in [1.82, 2.24) is 9.34 Å². The molecule has 0 radical (unpaired) electrons. The van der Waals surface area contributed by atoms with E-state index in [1.165, 1.54) is 9.34 Å². The van der Waals surface area contributed by atoms with Crippen LogP contribution in [0.5, 0.6) is 0 Å². The van der Waals surface area contributed by atoms with Crippen molar-refractivity contribution in [3.05, 3.63) is 0 Å². The quantitative estimate of drug-likeness (QED) is 0.656. The average molecular weight is 194 g/mol. The summed E-state index contributed by atoms with van der Waals surface area (Å²) in [5.41, 5.74) is 0. The molecule has 0 saturated heterocycles. The first-order valence-electron chi connectivity index (χ1n) is 3.47. The smallest absolute Gasteiger partial charge is 0.313 e. The lowest BCUT2D eigenvalue weighted by molar-refractivity contribution is -0.134. The van der Waals surface area contributed by atoms with Crippen LogP contribution in [0.1, 0.15) is 0 Å². The fourth-order valence-corrected chi connectivity index (χ4v) is 2.45. The number of aliphatic carboxylic acids is 1. The van der Waals surface area contributed by atoms with Gasteiger partial charge in [0.15, 0.2) is 0 Å². The molecule has 0 saturated carbocycles. The summed E-state index contributed by atoms with van der Waals surface area (Å²) in [5, 5.41) is 8.52. The Morgan fingerprint density at radius 1 is 1.25 bits per heavy atom. The Kier molecular flexibility index (Phi) is 3.90. The Hall–Kier alpha value is -0.380. The van der Waals surface area contributed by atoms with Crippen molar-refractivity contribution in [2.45, 2.75) is 0 Å². The molecule has 5 nitrogen and oxygen atoms in total. The van der Waals surface area contributed by atoms with Crippen LogP contribution >= 0.6 is 7.44 Å². The lowest BCUT2D eigenvalue weighted by Crippen LogP contribution is -2.25. The summed E-state index contributed by atoms with van der Waals surface area (Å²) in [5.74, 6) is -1.04. The van der Waals surface area contributed by atoms with Gasteiger partial charge in [-0.3, -0.25) is 9.36 Å². The summed E-state index contributed by atoms with van der Waals surface area (Å²) < 4.78 is 14.8. The van der Waals surface area contributed by atoms with E-state index in [1.54, 1.807) is 28.2 Å².